The van der Waals surface area contributed by atoms with Gasteiger partial charge in [0.2, 0.25) is 10.4 Å². The molecular formula is C16H18ClNO7S. The summed E-state index contributed by atoms with van der Waals surface area (Å²) in [5, 5.41) is 32.7. The third-order valence-electron chi connectivity index (χ3n) is 3.93. The highest BCUT2D eigenvalue weighted by Crippen LogP contribution is 2.42. The van der Waals surface area contributed by atoms with Gasteiger partial charge < -0.3 is 25.2 Å². The summed E-state index contributed by atoms with van der Waals surface area (Å²) >= 11 is 6.19. The van der Waals surface area contributed by atoms with Gasteiger partial charge >= 0.3 is 1.43 Å². The third kappa shape index (κ3) is 5.23. The fraction of sp³-hybridized carbons (Fsp3) is 0.250. The molecule has 0 fully saturated rings. The van der Waals surface area contributed by atoms with Gasteiger partial charge in [-0.15, -0.1) is 0 Å². The van der Waals surface area contributed by atoms with Crippen LogP contribution >= 0.6 is 11.6 Å². The SMILES string of the molecule is O=S(=O)([O-])O.Oc1ccc(C2CNCCc3c2cc(O)c(O)c3Cl)cc1.[H+]. The number of aromatic hydroxyl groups is 3. The summed E-state index contributed by atoms with van der Waals surface area (Å²) in [5.74, 6) is -0.245. The van der Waals surface area contributed by atoms with Gasteiger partial charge in [0, 0.05) is 12.5 Å². The number of nitrogens with one attached hydrogen (secondary N) is 1. The van der Waals surface area contributed by atoms with E-state index in [1.54, 1.807) is 18.2 Å². The number of halogens is 1. The van der Waals surface area contributed by atoms with E-state index >= 15 is 0 Å². The lowest BCUT2D eigenvalue weighted by Gasteiger charge is -2.20. The summed E-state index contributed by atoms with van der Waals surface area (Å²) in [5.41, 5.74) is 2.78. The number of hydrogen-bond donors (Lipinski definition) is 5. The Morgan fingerprint density at radius 2 is 1.77 bits per heavy atom. The number of hydrogen-bond acceptors (Lipinski definition) is 7. The van der Waals surface area contributed by atoms with Crippen LogP contribution in [0.1, 0.15) is 24.0 Å². The maximum atomic E-state index is 9.86. The van der Waals surface area contributed by atoms with E-state index in [0.717, 1.165) is 23.2 Å². The van der Waals surface area contributed by atoms with Crippen molar-refractivity contribution in [3.63, 3.8) is 0 Å². The molecule has 26 heavy (non-hydrogen) atoms. The monoisotopic (exact) mass is 403 g/mol. The van der Waals surface area contributed by atoms with Crippen LogP contribution in [0.2, 0.25) is 5.02 Å². The van der Waals surface area contributed by atoms with Crippen LogP contribution in [0.3, 0.4) is 0 Å². The molecule has 8 nitrogen and oxygen atoms in total. The van der Waals surface area contributed by atoms with Crippen LogP contribution < -0.4 is 5.32 Å². The number of fused-ring (bicyclic) bond motifs is 1. The average Bonchev–Trinajstić information content (AvgIpc) is 2.75. The minimum Gasteiger partial charge on any atom is -0.726 e. The Bertz CT molecular complexity index is 883. The number of benzene rings is 2. The Balaban J connectivity index is 0.000000542. The van der Waals surface area contributed by atoms with Gasteiger partial charge in [0.15, 0.2) is 11.5 Å². The molecular weight excluding hydrogens is 386 g/mol. The van der Waals surface area contributed by atoms with Gasteiger partial charge in [-0.1, -0.05) is 23.7 Å². The van der Waals surface area contributed by atoms with Gasteiger partial charge in [-0.05, 0) is 47.9 Å². The molecule has 0 saturated carbocycles. The van der Waals surface area contributed by atoms with E-state index in [0.29, 0.717) is 13.0 Å². The fourth-order valence-electron chi connectivity index (χ4n) is 2.82. The molecule has 3 rings (SSSR count). The summed E-state index contributed by atoms with van der Waals surface area (Å²) in [6, 6.07) is 8.58. The third-order valence-corrected chi connectivity index (χ3v) is 4.33. The lowest BCUT2D eigenvalue weighted by molar-refractivity contribution is 0.366. The Morgan fingerprint density at radius 1 is 1.19 bits per heavy atom. The molecule has 1 aliphatic rings. The minimum atomic E-state index is -4.92. The molecule has 0 amide bonds. The Morgan fingerprint density at radius 3 is 2.35 bits per heavy atom. The molecule has 1 atom stereocenters. The zero-order valence-electron chi connectivity index (χ0n) is 14.4. The van der Waals surface area contributed by atoms with Crippen molar-refractivity contribution in [2.45, 2.75) is 12.3 Å². The van der Waals surface area contributed by atoms with Crippen molar-refractivity contribution < 1.29 is 34.3 Å². The van der Waals surface area contributed by atoms with E-state index in [-0.39, 0.29) is 29.6 Å². The second kappa shape index (κ2) is 8.11. The molecule has 0 radical (unpaired) electrons. The highest BCUT2D eigenvalue weighted by molar-refractivity contribution is 7.79. The number of phenols is 3. The maximum absolute atomic E-state index is 9.86. The van der Waals surface area contributed by atoms with Gasteiger partial charge in [0.25, 0.3) is 0 Å². The number of phenolic OH excluding ortho intramolecular Hbond substituents is 3. The van der Waals surface area contributed by atoms with Crippen LogP contribution in [0.4, 0.5) is 0 Å². The first kappa shape index (κ1) is 20.3. The van der Waals surface area contributed by atoms with Gasteiger partial charge in [-0.3, -0.25) is 4.55 Å². The molecule has 0 aromatic heterocycles. The molecule has 1 heterocycles. The molecule has 0 saturated heterocycles. The second-order valence-electron chi connectivity index (χ2n) is 5.65. The molecule has 0 spiro atoms. The second-order valence-corrected chi connectivity index (χ2v) is 6.89. The number of rotatable bonds is 1. The van der Waals surface area contributed by atoms with E-state index in [1.165, 1.54) is 0 Å². The lowest BCUT2D eigenvalue weighted by atomic mass is 9.87. The Hall–Kier alpha value is -2.04. The van der Waals surface area contributed by atoms with E-state index in [9.17, 15) is 15.3 Å². The standard InChI is InChI=1S/C16H16ClNO3.H2O4S/c17-15-11-5-6-18-8-13(9-1-3-10(19)4-2-9)12(11)7-14(20)16(15)21;1-5(2,3)4/h1-4,7,13,18-21H,5-6,8H2;(H2,1,2,3,4). The first-order valence-corrected chi connectivity index (χ1v) is 9.23. The molecule has 2 aromatic rings. The van der Waals surface area contributed by atoms with E-state index in [2.05, 4.69) is 5.32 Å². The first-order chi connectivity index (χ1) is 12.1. The van der Waals surface area contributed by atoms with Crippen LogP contribution in [0.15, 0.2) is 30.3 Å². The summed E-state index contributed by atoms with van der Waals surface area (Å²) in [6.07, 6.45) is 0.691. The predicted molar refractivity (Wildman–Crippen MR) is 94.7 cm³/mol. The Kier molecular flexibility index (Phi) is 6.32. The van der Waals surface area contributed by atoms with Crippen LogP contribution in [0.5, 0.6) is 17.2 Å². The quantitative estimate of drug-likeness (QED) is 0.275. The van der Waals surface area contributed by atoms with Crippen LogP contribution in [0.25, 0.3) is 0 Å². The normalized spacial score (nSPS) is 16.8. The largest absolute Gasteiger partial charge is 1.00 e. The highest BCUT2D eigenvalue weighted by Gasteiger charge is 2.25. The molecule has 10 heteroatoms. The van der Waals surface area contributed by atoms with Crippen molar-refractivity contribution >= 4 is 22.0 Å². The van der Waals surface area contributed by atoms with Crippen molar-refractivity contribution in [1.82, 2.24) is 5.32 Å². The zero-order valence-corrected chi connectivity index (χ0v) is 15.0. The zero-order chi connectivity index (χ0) is 19.5. The van der Waals surface area contributed by atoms with Gasteiger partial charge in [0.05, 0.1) is 5.02 Å². The highest BCUT2D eigenvalue weighted by atomic mass is 35.5. The first-order valence-electron chi connectivity index (χ1n) is 7.49. The van der Waals surface area contributed by atoms with Crippen molar-refractivity contribution in [1.29, 1.82) is 0 Å². The maximum Gasteiger partial charge on any atom is 1.00 e. The van der Waals surface area contributed by atoms with Crippen LogP contribution in [0, 0.1) is 0 Å². The smallest absolute Gasteiger partial charge is 0.726 e. The van der Waals surface area contributed by atoms with Crippen LogP contribution in [-0.2, 0) is 16.8 Å². The van der Waals surface area contributed by atoms with Gasteiger partial charge in [-0.25, -0.2) is 8.42 Å². The molecule has 1 unspecified atom stereocenters. The van der Waals surface area contributed by atoms with Crippen molar-refractivity contribution in [2.24, 2.45) is 0 Å². The van der Waals surface area contributed by atoms with Gasteiger partial charge in [0.1, 0.15) is 5.75 Å². The van der Waals surface area contributed by atoms with E-state index in [4.69, 9.17) is 29.1 Å². The van der Waals surface area contributed by atoms with Crippen molar-refractivity contribution in [3.05, 3.63) is 52.0 Å². The summed E-state index contributed by atoms with van der Waals surface area (Å²) in [7, 11) is -4.92. The topological polar surface area (TPSA) is 150 Å². The van der Waals surface area contributed by atoms with Crippen molar-refractivity contribution in [2.75, 3.05) is 13.1 Å². The molecule has 142 valence electrons. The molecule has 0 bridgehead atoms. The molecule has 0 aliphatic carbocycles. The Labute approximate surface area is 156 Å². The van der Waals surface area contributed by atoms with E-state index in [1.807, 2.05) is 12.1 Å². The summed E-state index contributed by atoms with van der Waals surface area (Å²) < 4.78 is 32.8. The van der Waals surface area contributed by atoms with Crippen LogP contribution in [-0.4, -0.2) is 45.9 Å². The summed E-state index contributed by atoms with van der Waals surface area (Å²) in [4.78, 5) is 0. The lowest BCUT2D eigenvalue weighted by Crippen LogP contribution is -2.20. The van der Waals surface area contributed by atoms with Crippen molar-refractivity contribution in [3.8, 4) is 17.2 Å². The van der Waals surface area contributed by atoms with E-state index < -0.39 is 10.4 Å². The fourth-order valence-corrected chi connectivity index (χ4v) is 3.12. The molecule has 2 aromatic carbocycles. The molecule has 5 N–H and O–H groups in total. The summed E-state index contributed by atoms with van der Waals surface area (Å²) in [6.45, 7) is 1.46. The minimum absolute atomic E-state index is 0. The molecule has 1 aliphatic heterocycles. The predicted octanol–water partition coefficient (Wildman–Crippen LogP) is 1.85. The average molecular weight is 404 g/mol. The van der Waals surface area contributed by atoms with Gasteiger partial charge in [-0.2, -0.15) is 0 Å².